The summed E-state index contributed by atoms with van der Waals surface area (Å²) in [6.45, 7) is 2.55. The van der Waals surface area contributed by atoms with Crippen LogP contribution < -0.4 is 10.6 Å². The van der Waals surface area contributed by atoms with Gasteiger partial charge in [0.1, 0.15) is 5.82 Å². The van der Waals surface area contributed by atoms with Crippen molar-refractivity contribution in [2.75, 3.05) is 33.4 Å². The molecular weight excluding hydrogens is 338 g/mol. The first kappa shape index (κ1) is 18.3. The van der Waals surface area contributed by atoms with E-state index >= 15 is 0 Å². The minimum atomic E-state index is -0.375. The van der Waals surface area contributed by atoms with Crippen LogP contribution in [-0.2, 0) is 4.74 Å². The molecule has 0 bridgehead atoms. The van der Waals surface area contributed by atoms with E-state index in [1.165, 1.54) is 18.2 Å². The Labute approximate surface area is 126 Å². The van der Waals surface area contributed by atoms with E-state index < -0.39 is 0 Å². The fourth-order valence-electron chi connectivity index (χ4n) is 1.33. The molecule has 1 rings (SSSR count). The number of methoxy groups -OCH3 is 1. The van der Waals surface area contributed by atoms with Crippen molar-refractivity contribution in [2.45, 2.75) is 0 Å². The smallest absolute Gasteiger partial charge is 0.252 e. The molecule has 108 valence electrons. The lowest BCUT2D eigenvalue weighted by molar-refractivity contribution is 0.0953. The molecule has 19 heavy (non-hydrogen) atoms. The van der Waals surface area contributed by atoms with Gasteiger partial charge in [0, 0.05) is 31.2 Å². The first-order valence-electron chi connectivity index (χ1n) is 5.58. The van der Waals surface area contributed by atoms with Gasteiger partial charge < -0.3 is 15.4 Å². The van der Waals surface area contributed by atoms with E-state index in [0.29, 0.717) is 29.7 Å². The van der Waals surface area contributed by atoms with Crippen LogP contribution in [-0.4, -0.2) is 39.3 Å². The number of hydrogen-bond donors (Lipinski definition) is 2. The van der Waals surface area contributed by atoms with Gasteiger partial charge in [0.25, 0.3) is 5.91 Å². The summed E-state index contributed by atoms with van der Waals surface area (Å²) in [5.74, 6) is -0.602. The number of halogens is 3. The van der Waals surface area contributed by atoms with Gasteiger partial charge in [-0.15, -0.1) is 12.4 Å². The van der Waals surface area contributed by atoms with E-state index in [1.54, 1.807) is 7.11 Å². The average Bonchev–Trinajstić information content (AvgIpc) is 2.33. The lowest BCUT2D eigenvalue weighted by Gasteiger charge is -2.07. The number of carbonyl (C=O) groups is 1. The molecule has 0 spiro atoms. The lowest BCUT2D eigenvalue weighted by atomic mass is 10.2. The number of ether oxygens (including phenoxy) is 1. The second-order valence-corrected chi connectivity index (χ2v) is 4.48. The molecule has 0 saturated carbocycles. The summed E-state index contributed by atoms with van der Waals surface area (Å²) in [6, 6.07) is 3.98. The van der Waals surface area contributed by atoms with Gasteiger partial charge in [-0.3, -0.25) is 4.79 Å². The minimum absolute atomic E-state index is 0. The van der Waals surface area contributed by atoms with Crippen molar-refractivity contribution in [3.8, 4) is 0 Å². The molecule has 7 heteroatoms. The fourth-order valence-corrected chi connectivity index (χ4v) is 1.86. The molecule has 0 aliphatic rings. The Morgan fingerprint density at radius 2 is 2.11 bits per heavy atom. The minimum Gasteiger partial charge on any atom is -0.383 e. The Bertz CT molecular complexity index is 407. The third-order valence-corrected chi connectivity index (χ3v) is 2.90. The van der Waals surface area contributed by atoms with E-state index in [-0.39, 0.29) is 24.1 Å². The Balaban J connectivity index is 0.00000324. The molecule has 0 saturated heterocycles. The van der Waals surface area contributed by atoms with Gasteiger partial charge in [0.15, 0.2) is 0 Å². The van der Waals surface area contributed by atoms with E-state index in [0.717, 1.165) is 6.54 Å². The van der Waals surface area contributed by atoms with Crippen molar-refractivity contribution >= 4 is 34.2 Å². The highest BCUT2D eigenvalue weighted by molar-refractivity contribution is 9.10. The number of rotatable bonds is 7. The Morgan fingerprint density at radius 1 is 1.37 bits per heavy atom. The van der Waals surface area contributed by atoms with Crippen LogP contribution in [0, 0.1) is 5.82 Å². The monoisotopic (exact) mass is 354 g/mol. The van der Waals surface area contributed by atoms with Gasteiger partial charge in [-0.25, -0.2) is 4.39 Å². The summed E-state index contributed by atoms with van der Waals surface area (Å²) >= 11 is 3.16. The third-order valence-electron chi connectivity index (χ3n) is 2.25. The number of carbonyl (C=O) groups excluding carboxylic acids is 1. The maximum Gasteiger partial charge on any atom is 0.252 e. The van der Waals surface area contributed by atoms with Crippen LogP contribution in [0.3, 0.4) is 0 Å². The standard InChI is InChI=1S/C12H16BrFN2O2.ClH/c1-18-7-6-15-4-5-16-12(17)10-3-2-9(14)8-11(10)13;/h2-3,8,15H,4-7H2,1H3,(H,16,17);1H. The molecule has 0 aliphatic carbocycles. The zero-order chi connectivity index (χ0) is 13.4. The summed E-state index contributed by atoms with van der Waals surface area (Å²) in [5.41, 5.74) is 0.424. The quantitative estimate of drug-likeness (QED) is 0.735. The van der Waals surface area contributed by atoms with Gasteiger partial charge in [-0.2, -0.15) is 0 Å². The molecular formula is C12H17BrClFN2O2. The summed E-state index contributed by atoms with van der Waals surface area (Å²) in [7, 11) is 1.63. The first-order valence-corrected chi connectivity index (χ1v) is 6.37. The van der Waals surface area contributed by atoms with Crippen LogP contribution >= 0.6 is 28.3 Å². The number of hydrogen-bond acceptors (Lipinski definition) is 3. The van der Waals surface area contributed by atoms with Crippen LogP contribution in [0.4, 0.5) is 4.39 Å². The number of benzene rings is 1. The molecule has 0 atom stereocenters. The molecule has 1 amide bonds. The fraction of sp³-hybridized carbons (Fsp3) is 0.417. The molecule has 4 nitrogen and oxygen atoms in total. The normalized spacial score (nSPS) is 9.84. The van der Waals surface area contributed by atoms with Crippen molar-refractivity contribution in [1.82, 2.24) is 10.6 Å². The molecule has 0 unspecified atom stereocenters. The van der Waals surface area contributed by atoms with Gasteiger partial charge in [-0.1, -0.05) is 0 Å². The predicted molar refractivity (Wildman–Crippen MR) is 78.4 cm³/mol. The number of nitrogens with one attached hydrogen (secondary N) is 2. The highest BCUT2D eigenvalue weighted by Crippen LogP contribution is 2.17. The summed E-state index contributed by atoms with van der Waals surface area (Å²) in [5, 5.41) is 5.85. The molecule has 2 N–H and O–H groups in total. The van der Waals surface area contributed by atoms with E-state index in [2.05, 4.69) is 26.6 Å². The topological polar surface area (TPSA) is 50.4 Å². The van der Waals surface area contributed by atoms with Crippen molar-refractivity contribution in [1.29, 1.82) is 0 Å². The molecule has 1 aromatic carbocycles. The van der Waals surface area contributed by atoms with Gasteiger partial charge >= 0.3 is 0 Å². The zero-order valence-corrected chi connectivity index (χ0v) is 12.9. The van der Waals surface area contributed by atoms with Crippen molar-refractivity contribution in [3.63, 3.8) is 0 Å². The van der Waals surface area contributed by atoms with Crippen LogP contribution in [0.25, 0.3) is 0 Å². The van der Waals surface area contributed by atoms with Crippen molar-refractivity contribution in [2.24, 2.45) is 0 Å². The Kier molecular flexibility index (Phi) is 9.77. The van der Waals surface area contributed by atoms with Gasteiger partial charge in [-0.05, 0) is 34.1 Å². The Hall–Kier alpha value is -0.690. The van der Waals surface area contributed by atoms with E-state index in [4.69, 9.17) is 4.74 Å². The molecule has 0 fully saturated rings. The van der Waals surface area contributed by atoms with Gasteiger partial charge in [0.05, 0.1) is 12.2 Å². The maximum atomic E-state index is 12.9. The SMILES string of the molecule is COCCNCCNC(=O)c1ccc(F)cc1Br.Cl. The molecule has 0 radical (unpaired) electrons. The third kappa shape index (κ3) is 6.87. The van der Waals surface area contributed by atoms with E-state index in [9.17, 15) is 9.18 Å². The molecule has 0 aliphatic heterocycles. The van der Waals surface area contributed by atoms with E-state index in [1.807, 2.05) is 0 Å². The van der Waals surface area contributed by atoms with Crippen molar-refractivity contribution < 1.29 is 13.9 Å². The second kappa shape index (κ2) is 10.1. The molecule has 0 aromatic heterocycles. The molecule has 0 heterocycles. The van der Waals surface area contributed by atoms with Crippen LogP contribution in [0.5, 0.6) is 0 Å². The van der Waals surface area contributed by atoms with Crippen LogP contribution in [0.15, 0.2) is 22.7 Å². The lowest BCUT2D eigenvalue weighted by Crippen LogP contribution is -2.33. The zero-order valence-electron chi connectivity index (χ0n) is 10.5. The number of amides is 1. The summed E-state index contributed by atoms with van der Waals surface area (Å²) in [4.78, 5) is 11.7. The maximum absolute atomic E-state index is 12.9. The predicted octanol–water partition coefficient (Wildman–Crippen LogP) is 1.98. The Morgan fingerprint density at radius 3 is 2.74 bits per heavy atom. The van der Waals surface area contributed by atoms with Gasteiger partial charge in [0.2, 0.25) is 0 Å². The second-order valence-electron chi connectivity index (χ2n) is 3.62. The molecule has 1 aromatic rings. The summed E-state index contributed by atoms with van der Waals surface area (Å²) in [6.07, 6.45) is 0. The van der Waals surface area contributed by atoms with Crippen LogP contribution in [0.1, 0.15) is 10.4 Å². The average molecular weight is 356 g/mol. The highest BCUT2D eigenvalue weighted by Gasteiger charge is 2.09. The van der Waals surface area contributed by atoms with Crippen LogP contribution in [0.2, 0.25) is 0 Å². The largest absolute Gasteiger partial charge is 0.383 e. The highest BCUT2D eigenvalue weighted by atomic mass is 79.9. The van der Waals surface area contributed by atoms with Crippen molar-refractivity contribution in [3.05, 3.63) is 34.1 Å². The summed E-state index contributed by atoms with van der Waals surface area (Å²) < 4.78 is 18.2. The first-order chi connectivity index (χ1) is 8.65.